The molecule has 180 valence electrons. The van der Waals surface area contributed by atoms with E-state index in [2.05, 4.69) is 39.8 Å². The van der Waals surface area contributed by atoms with Crippen LogP contribution in [0.5, 0.6) is 0 Å². The first kappa shape index (κ1) is 25.8. The van der Waals surface area contributed by atoms with Crippen molar-refractivity contribution in [1.82, 2.24) is 0 Å². The third kappa shape index (κ3) is 6.83. The van der Waals surface area contributed by atoms with Gasteiger partial charge in [0.05, 0.1) is 6.10 Å². The van der Waals surface area contributed by atoms with Gasteiger partial charge in [0.2, 0.25) is 0 Å². The maximum Gasteiger partial charge on any atom is 0.165 e. The van der Waals surface area contributed by atoms with Gasteiger partial charge in [-0.25, -0.2) is 0 Å². The second-order valence-corrected chi connectivity index (χ2v) is 12.2. The number of halogens is 1. The maximum absolute atomic E-state index is 13.5. The van der Waals surface area contributed by atoms with Gasteiger partial charge in [-0.1, -0.05) is 95.7 Å². The zero-order valence-electron chi connectivity index (χ0n) is 20.8. The second kappa shape index (κ2) is 11.5. The van der Waals surface area contributed by atoms with E-state index in [9.17, 15) is 9.90 Å². The molecule has 0 spiro atoms. The van der Waals surface area contributed by atoms with Gasteiger partial charge in [0.15, 0.2) is 5.78 Å². The second-order valence-electron chi connectivity index (χ2n) is 11.7. The SMILES string of the molecule is CC(C)[C@@H](/C=C/C(O)CC1CCCCC1)C(=O)C1=CC[C@H](C2CC=C(Cl)CC2)C(C)(C)C1. The average molecular weight is 461 g/mol. The van der Waals surface area contributed by atoms with Crippen molar-refractivity contribution in [3.63, 3.8) is 0 Å². The fraction of sp³-hybridized carbons (Fsp3) is 0.759. The van der Waals surface area contributed by atoms with Crippen molar-refractivity contribution in [3.8, 4) is 0 Å². The molecule has 3 aliphatic rings. The number of allylic oxidation sites excluding steroid dienone is 5. The van der Waals surface area contributed by atoms with Crippen LogP contribution in [0.3, 0.4) is 0 Å². The molecule has 0 saturated heterocycles. The molecule has 0 aromatic rings. The summed E-state index contributed by atoms with van der Waals surface area (Å²) in [4.78, 5) is 13.5. The van der Waals surface area contributed by atoms with Gasteiger partial charge < -0.3 is 5.11 Å². The summed E-state index contributed by atoms with van der Waals surface area (Å²) in [7, 11) is 0. The van der Waals surface area contributed by atoms with Crippen LogP contribution in [-0.4, -0.2) is 17.0 Å². The summed E-state index contributed by atoms with van der Waals surface area (Å²) in [6.45, 7) is 8.92. The van der Waals surface area contributed by atoms with Crippen LogP contribution in [0, 0.1) is 35.0 Å². The number of Topliss-reactive ketones (excluding diaryl/α,β-unsaturated/α-hetero) is 1. The molecule has 0 bridgehead atoms. The fourth-order valence-electron chi connectivity index (χ4n) is 6.41. The highest BCUT2D eigenvalue weighted by atomic mass is 35.5. The molecular formula is C29H45ClO2. The van der Waals surface area contributed by atoms with Crippen LogP contribution < -0.4 is 0 Å². The minimum absolute atomic E-state index is 0.119. The van der Waals surface area contributed by atoms with E-state index in [4.69, 9.17) is 11.6 Å². The van der Waals surface area contributed by atoms with Gasteiger partial charge in [-0.2, -0.15) is 0 Å². The first-order valence-corrected chi connectivity index (χ1v) is 13.5. The van der Waals surface area contributed by atoms with Gasteiger partial charge in [0.1, 0.15) is 0 Å². The molecule has 32 heavy (non-hydrogen) atoms. The Morgan fingerprint density at radius 1 is 1.12 bits per heavy atom. The molecule has 3 rings (SSSR count). The summed E-state index contributed by atoms with van der Waals surface area (Å²) in [5, 5.41) is 11.6. The third-order valence-corrected chi connectivity index (χ3v) is 8.75. The van der Waals surface area contributed by atoms with E-state index < -0.39 is 6.10 Å². The lowest BCUT2D eigenvalue weighted by molar-refractivity contribution is -0.119. The maximum atomic E-state index is 13.5. The topological polar surface area (TPSA) is 37.3 Å². The van der Waals surface area contributed by atoms with Crippen LogP contribution in [0.15, 0.2) is 34.9 Å². The monoisotopic (exact) mass is 460 g/mol. The van der Waals surface area contributed by atoms with Crippen LogP contribution in [0.1, 0.15) is 98.3 Å². The van der Waals surface area contributed by atoms with Gasteiger partial charge in [-0.3, -0.25) is 4.79 Å². The Balaban J connectivity index is 1.64. The molecular weight excluding hydrogens is 416 g/mol. The first-order chi connectivity index (χ1) is 15.2. The molecule has 0 aliphatic heterocycles. The van der Waals surface area contributed by atoms with Crippen molar-refractivity contribution in [2.75, 3.05) is 0 Å². The molecule has 1 saturated carbocycles. The number of carbonyl (C=O) groups excluding carboxylic acids is 1. The van der Waals surface area contributed by atoms with Gasteiger partial charge in [-0.15, -0.1) is 0 Å². The van der Waals surface area contributed by atoms with Crippen LogP contribution in [0.2, 0.25) is 0 Å². The number of rotatable bonds is 8. The van der Waals surface area contributed by atoms with Crippen molar-refractivity contribution in [1.29, 1.82) is 0 Å². The number of hydrogen-bond acceptors (Lipinski definition) is 2. The van der Waals surface area contributed by atoms with Gasteiger partial charge >= 0.3 is 0 Å². The fourth-order valence-corrected chi connectivity index (χ4v) is 6.60. The molecule has 0 radical (unpaired) electrons. The zero-order chi connectivity index (χ0) is 23.3. The van der Waals surface area contributed by atoms with Gasteiger partial charge in [0.25, 0.3) is 0 Å². The Hall–Kier alpha value is -0.860. The Bertz CT molecular complexity index is 723. The number of ketones is 1. The van der Waals surface area contributed by atoms with E-state index >= 15 is 0 Å². The quantitative estimate of drug-likeness (QED) is 0.372. The summed E-state index contributed by atoms with van der Waals surface area (Å²) in [5.74, 6) is 2.25. The molecule has 0 aromatic carbocycles. The van der Waals surface area contributed by atoms with E-state index in [0.29, 0.717) is 17.8 Å². The highest BCUT2D eigenvalue weighted by Crippen LogP contribution is 2.48. The Kier molecular flexibility index (Phi) is 9.27. The van der Waals surface area contributed by atoms with Crippen LogP contribution in [0.4, 0.5) is 0 Å². The molecule has 3 aliphatic carbocycles. The average Bonchev–Trinajstić information content (AvgIpc) is 2.74. The van der Waals surface area contributed by atoms with Gasteiger partial charge in [-0.05, 0) is 73.2 Å². The number of aliphatic hydroxyl groups is 1. The van der Waals surface area contributed by atoms with Crippen molar-refractivity contribution < 1.29 is 9.90 Å². The van der Waals surface area contributed by atoms with Crippen LogP contribution >= 0.6 is 11.6 Å². The predicted molar refractivity (Wildman–Crippen MR) is 136 cm³/mol. The van der Waals surface area contributed by atoms with Crippen LogP contribution in [0.25, 0.3) is 0 Å². The molecule has 0 aromatic heterocycles. The highest BCUT2D eigenvalue weighted by molar-refractivity contribution is 6.29. The van der Waals surface area contributed by atoms with E-state index in [1.165, 1.54) is 32.1 Å². The Labute approximate surface area is 201 Å². The lowest BCUT2D eigenvalue weighted by atomic mass is 9.61. The normalized spacial score (nSPS) is 29.0. The van der Waals surface area contributed by atoms with Crippen LogP contribution in [-0.2, 0) is 4.79 Å². The van der Waals surface area contributed by atoms with Crippen molar-refractivity contribution in [3.05, 3.63) is 34.9 Å². The molecule has 4 atom stereocenters. The Morgan fingerprint density at radius 3 is 2.44 bits per heavy atom. The third-order valence-electron chi connectivity index (χ3n) is 8.41. The minimum Gasteiger partial charge on any atom is -0.389 e. The number of carbonyl (C=O) groups is 1. The lowest BCUT2D eigenvalue weighted by Crippen LogP contribution is -2.36. The van der Waals surface area contributed by atoms with Crippen molar-refractivity contribution in [2.45, 2.75) is 104 Å². The summed E-state index contributed by atoms with van der Waals surface area (Å²) >= 11 is 6.21. The molecule has 1 N–H and O–H groups in total. The number of hydrogen-bond donors (Lipinski definition) is 1. The Morgan fingerprint density at radius 2 is 1.84 bits per heavy atom. The number of aliphatic hydroxyl groups excluding tert-OH is 1. The largest absolute Gasteiger partial charge is 0.389 e. The standard InChI is InChI=1S/C29H45ClO2/c1-20(2)26(16-15-25(31)18-21-8-6-5-7-9-21)28(32)23-12-17-27(29(3,4)19-23)22-10-13-24(30)14-11-22/h12-13,15-16,20-22,25-27,31H,5-11,14,17-19H2,1-4H3/b16-15+/t22?,25?,26-,27-/m1/s1. The van der Waals surface area contributed by atoms with E-state index in [0.717, 1.165) is 49.1 Å². The first-order valence-electron chi connectivity index (χ1n) is 13.1. The molecule has 2 unspecified atom stereocenters. The molecule has 0 heterocycles. The molecule has 1 fully saturated rings. The summed E-state index contributed by atoms with van der Waals surface area (Å²) in [6, 6.07) is 0. The molecule has 2 nitrogen and oxygen atoms in total. The van der Waals surface area contributed by atoms with E-state index in [1.807, 2.05) is 12.2 Å². The van der Waals surface area contributed by atoms with Gasteiger partial charge in [0, 0.05) is 11.0 Å². The summed E-state index contributed by atoms with van der Waals surface area (Å²) in [5.41, 5.74) is 1.12. The van der Waals surface area contributed by atoms with Crippen molar-refractivity contribution >= 4 is 17.4 Å². The minimum atomic E-state index is -0.431. The zero-order valence-corrected chi connectivity index (χ0v) is 21.5. The lowest BCUT2D eigenvalue weighted by Gasteiger charge is -2.43. The molecule has 3 heteroatoms. The smallest absolute Gasteiger partial charge is 0.165 e. The molecule has 0 amide bonds. The predicted octanol–water partition coefficient (Wildman–Crippen LogP) is 8.00. The van der Waals surface area contributed by atoms with E-state index in [1.54, 1.807) is 0 Å². The van der Waals surface area contributed by atoms with E-state index in [-0.39, 0.29) is 23.0 Å². The highest BCUT2D eigenvalue weighted by Gasteiger charge is 2.40. The van der Waals surface area contributed by atoms with Crippen molar-refractivity contribution in [2.24, 2.45) is 35.0 Å². The summed E-state index contributed by atoms with van der Waals surface area (Å²) < 4.78 is 0. The summed E-state index contributed by atoms with van der Waals surface area (Å²) in [6.07, 6.45) is 20.2.